The lowest BCUT2D eigenvalue weighted by Crippen LogP contribution is -2.39. The number of Topliss-reactive ketones (excluding diaryl/α,β-unsaturated/α-hetero) is 1. The fraction of sp³-hybridized carbons (Fsp3) is 0.405. The Bertz CT molecular complexity index is 1640. The van der Waals surface area contributed by atoms with E-state index in [1.165, 1.54) is 44.3 Å². The Hall–Kier alpha value is -5.86. The van der Waals surface area contributed by atoms with Crippen molar-refractivity contribution in [2.45, 2.75) is 58.2 Å². The zero-order valence-electron chi connectivity index (χ0n) is 29.8. The molecule has 2 atom stereocenters. The number of nitrogens with zero attached hydrogens (tertiary/aromatic N) is 1. The van der Waals surface area contributed by atoms with Gasteiger partial charge >= 0.3 is 24.1 Å². The number of rotatable bonds is 18. The summed E-state index contributed by atoms with van der Waals surface area (Å²) in [6.07, 6.45) is 0.760. The molecule has 3 rings (SSSR count). The van der Waals surface area contributed by atoms with Crippen LogP contribution in [0.4, 0.5) is 15.3 Å². The lowest BCUT2D eigenvalue weighted by atomic mass is 10.0. The second-order valence-corrected chi connectivity index (χ2v) is 11.8. The molecule has 1 aliphatic rings. The highest BCUT2D eigenvalue weighted by molar-refractivity contribution is 6.04. The number of anilines is 1. The van der Waals surface area contributed by atoms with Gasteiger partial charge < -0.3 is 38.6 Å². The Kier molecular flexibility index (Phi) is 15.7. The third-order valence-corrected chi connectivity index (χ3v) is 7.80. The molecule has 2 aromatic carbocycles. The fourth-order valence-electron chi connectivity index (χ4n) is 5.08. The molecule has 280 valence electrons. The third-order valence-electron chi connectivity index (χ3n) is 7.80. The van der Waals surface area contributed by atoms with Gasteiger partial charge in [0.2, 0.25) is 0 Å². The number of likely N-dealkylation sites (tertiary alicyclic amines) is 1. The van der Waals surface area contributed by atoms with E-state index in [-0.39, 0.29) is 74.3 Å². The van der Waals surface area contributed by atoms with Crippen molar-refractivity contribution in [2.24, 2.45) is 0 Å². The van der Waals surface area contributed by atoms with Crippen LogP contribution >= 0.6 is 0 Å². The molecule has 1 heterocycles. The summed E-state index contributed by atoms with van der Waals surface area (Å²) in [4.78, 5) is 75.9. The second kappa shape index (κ2) is 20.1. The Balaban J connectivity index is 1.74. The number of ether oxygens (including phenoxy) is 6. The zero-order chi connectivity index (χ0) is 38.2. The topological polar surface area (TPSA) is 185 Å². The summed E-state index contributed by atoms with van der Waals surface area (Å²) in [5.41, 5.74) is 2.19. The van der Waals surface area contributed by atoms with Gasteiger partial charge in [-0.15, -0.1) is 0 Å². The van der Waals surface area contributed by atoms with Crippen molar-refractivity contribution < 1.29 is 57.2 Å². The number of nitrogens with one attached hydrogen (secondary N) is 2. The Labute approximate surface area is 302 Å². The number of hydrogen-bond donors (Lipinski definition) is 2. The van der Waals surface area contributed by atoms with Crippen LogP contribution in [0.25, 0.3) is 0 Å². The standard InChI is InChI=1S/C37H45N3O12/c1-7-14-50-36(45)38-24(3)31(42)17-26-10-12-27(13-11-26)21-52-37(46)39-30-19-33(49-15-8-9-34(43)48-6)32(47-5)18-29(30)35(44)40-20-23(2)16-28(40)22-51-25(4)41/h7,10-13,18-19,24,28H,1-2,8-9,14-17,20-22H2,3-6H3,(H,38,45)(H,39,46)/t24-,28-/m0/s1. The first-order valence-electron chi connectivity index (χ1n) is 16.5. The summed E-state index contributed by atoms with van der Waals surface area (Å²) in [6, 6.07) is 8.41. The number of amides is 3. The average molecular weight is 724 g/mol. The van der Waals surface area contributed by atoms with Crippen molar-refractivity contribution in [3.63, 3.8) is 0 Å². The number of ketones is 1. The first kappa shape index (κ1) is 40.6. The largest absolute Gasteiger partial charge is 0.493 e. The summed E-state index contributed by atoms with van der Waals surface area (Å²) in [5, 5.41) is 5.10. The van der Waals surface area contributed by atoms with Crippen LogP contribution in [0.15, 0.2) is 61.2 Å². The van der Waals surface area contributed by atoms with E-state index in [4.69, 9.17) is 23.7 Å². The van der Waals surface area contributed by atoms with Gasteiger partial charge in [0.25, 0.3) is 5.91 Å². The molecule has 15 heteroatoms. The molecule has 1 aliphatic heterocycles. The van der Waals surface area contributed by atoms with E-state index < -0.39 is 42.1 Å². The van der Waals surface area contributed by atoms with Crippen LogP contribution in [0.5, 0.6) is 11.5 Å². The minimum absolute atomic E-state index is 0.0252. The smallest absolute Gasteiger partial charge is 0.411 e. The molecule has 1 saturated heterocycles. The van der Waals surface area contributed by atoms with Gasteiger partial charge in [0.1, 0.15) is 19.8 Å². The van der Waals surface area contributed by atoms with Gasteiger partial charge in [-0.25, -0.2) is 9.59 Å². The van der Waals surface area contributed by atoms with Gasteiger partial charge in [0, 0.05) is 32.4 Å². The lowest BCUT2D eigenvalue weighted by molar-refractivity contribution is -0.142. The molecule has 2 aromatic rings. The molecular formula is C37H45N3O12. The molecular weight excluding hydrogens is 678 g/mol. The normalized spacial score (nSPS) is 14.0. The van der Waals surface area contributed by atoms with E-state index in [0.29, 0.717) is 24.0 Å². The van der Waals surface area contributed by atoms with Crippen LogP contribution in [0.2, 0.25) is 0 Å². The van der Waals surface area contributed by atoms with Gasteiger partial charge in [-0.3, -0.25) is 24.5 Å². The molecule has 0 unspecified atom stereocenters. The fourth-order valence-corrected chi connectivity index (χ4v) is 5.08. The van der Waals surface area contributed by atoms with Gasteiger partial charge in [0.05, 0.1) is 44.2 Å². The summed E-state index contributed by atoms with van der Waals surface area (Å²) in [5.74, 6) is -1.20. The maximum absolute atomic E-state index is 14.0. The van der Waals surface area contributed by atoms with Gasteiger partial charge in [0.15, 0.2) is 17.3 Å². The average Bonchev–Trinajstić information content (AvgIpc) is 3.50. The zero-order valence-corrected chi connectivity index (χ0v) is 29.8. The van der Waals surface area contributed by atoms with Crippen molar-refractivity contribution in [1.29, 1.82) is 0 Å². The lowest BCUT2D eigenvalue weighted by Gasteiger charge is -2.25. The minimum Gasteiger partial charge on any atom is -0.493 e. The SMILES string of the molecule is C=CCOC(=O)N[C@@H](C)C(=O)Cc1ccc(COC(=O)Nc2cc(OCCCC(=O)OC)c(OC)cc2C(=O)N2CC(=C)C[C@H]2COC(C)=O)cc1. The monoisotopic (exact) mass is 723 g/mol. The van der Waals surface area contributed by atoms with E-state index in [0.717, 1.165) is 5.57 Å². The van der Waals surface area contributed by atoms with E-state index in [1.807, 2.05) is 0 Å². The molecule has 0 saturated carbocycles. The minimum atomic E-state index is -0.874. The molecule has 0 aromatic heterocycles. The van der Waals surface area contributed by atoms with Crippen molar-refractivity contribution in [1.82, 2.24) is 10.2 Å². The predicted molar refractivity (Wildman–Crippen MR) is 188 cm³/mol. The highest BCUT2D eigenvalue weighted by Crippen LogP contribution is 2.36. The third kappa shape index (κ3) is 12.5. The molecule has 1 fully saturated rings. The number of carbonyl (C=O) groups is 6. The van der Waals surface area contributed by atoms with Crippen molar-refractivity contribution in [3.8, 4) is 11.5 Å². The Morgan fingerprint density at radius 1 is 0.981 bits per heavy atom. The Morgan fingerprint density at radius 2 is 1.69 bits per heavy atom. The summed E-state index contributed by atoms with van der Waals surface area (Å²) in [6.45, 7) is 10.5. The maximum atomic E-state index is 14.0. The number of hydrogen-bond acceptors (Lipinski definition) is 12. The molecule has 3 amide bonds. The van der Waals surface area contributed by atoms with Crippen molar-refractivity contribution in [2.75, 3.05) is 45.9 Å². The predicted octanol–water partition coefficient (Wildman–Crippen LogP) is 4.52. The van der Waals surface area contributed by atoms with E-state index in [9.17, 15) is 28.8 Å². The number of esters is 2. The van der Waals surface area contributed by atoms with Crippen LogP contribution < -0.4 is 20.1 Å². The van der Waals surface area contributed by atoms with Crippen LogP contribution in [-0.4, -0.2) is 93.4 Å². The summed E-state index contributed by atoms with van der Waals surface area (Å²) in [7, 11) is 2.69. The number of alkyl carbamates (subject to hydrolysis) is 1. The van der Waals surface area contributed by atoms with E-state index in [1.54, 1.807) is 31.2 Å². The number of benzene rings is 2. The first-order valence-corrected chi connectivity index (χ1v) is 16.5. The number of methoxy groups -OCH3 is 2. The van der Waals surface area contributed by atoms with Crippen LogP contribution in [0, 0.1) is 0 Å². The quantitative estimate of drug-likeness (QED) is 0.0950. The molecule has 0 spiro atoms. The van der Waals surface area contributed by atoms with E-state index >= 15 is 0 Å². The van der Waals surface area contributed by atoms with Crippen LogP contribution in [-0.2, 0) is 46.4 Å². The highest BCUT2D eigenvalue weighted by Gasteiger charge is 2.34. The van der Waals surface area contributed by atoms with Crippen LogP contribution in [0.3, 0.4) is 0 Å². The summed E-state index contributed by atoms with van der Waals surface area (Å²) < 4.78 is 31.5. The molecule has 2 N–H and O–H groups in total. The summed E-state index contributed by atoms with van der Waals surface area (Å²) >= 11 is 0. The van der Waals surface area contributed by atoms with Crippen LogP contribution in [0.1, 0.15) is 54.6 Å². The molecule has 0 aliphatic carbocycles. The van der Waals surface area contributed by atoms with Gasteiger partial charge in [-0.2, -0.15) is 0 Å². The van der Waals surface area contributed by atoms with E-state index in [2.05, 4.69) is 28.5 Å². The second-order valence-electron chi connectivity index (χ2n) is 11.8. The first-order chi connectivity index (χ1) is 24.8. The maximum Gasteiger partial charge on any atom is 0.411 e. The van der Waals surface area contributed by atoms with Crippen molar-refractivity contribution >= 4 is 41.5 Å². The number of carbonyl (C=O) groups excluding carboxylic acids is 6. The van der Waals surface area contributed by atoms with Gasteiger partial charge in [-0.1, -0.05) is 49.1 Å². The molecule has 0 radical (unpaired) electrons. The molecule has 0 bridgehead atoms. The highest BCUT2D eigenvalue weighted by atomic mass is 16.6. The molecule has 15 nitrogen and oxygen atoms in total. The van der Waals surface area contributed by atoms with Crippen molar-refractivity contribution in [3.05, 3.63) is 77.9 Å². The molecule has 52 heavy (non-hydrogen) atoms. The van der Waals surface area contributed by atoms with Gasteiger partial charge in [-0.05, 0) is 37.0 Å². The Morgan fingerprint density at radius 3 is 2.35 bits per heavy atom.